The van der Waals surface area contributed by atoms with E-state index in [0.29, 0.717) is 16.7 Å². The number of nitrogens with zero attached hydrogens (tertiary/aromatic N) is 2. The molecule has 0 amide bonds. The minimum atomic E-state index is -1.47. The minimum Gasteiger partial charge on any atom is -0.546 e. The summed E-state index contributed by atoms with van der Waals surface area (Å²) in [5, 5.41) is 58.2. The quantitative estimate of drug-likeness (QED) is 0.118. The summed E-state index contributed by atoms with van der Waals surface area (Å²) in [6, 6.07) is 13.8. The van der Waals surface area contributed by atoms with E-state index in [1.165, 1.54) is 73.1 Å². The Balaban J connectivity index is 0.000000373. The molecule has 18 nitrogen and oxygen atoms in total. The number of aromatic carboxylic acids is 2. The van der Waals surface area contributed by atoms with E-state index in [4.69, 9.17) is 34.3 Å². The van der Waals surface area contributed by atoms with Crippen molar-refractivity contribution >= 4 is 35.8 Å². The molecule has 0 unspecified atom stereocenters. The number of aliphatic carboxylic acids is 4. The predicted octanol–water partition coefficient (Wildman–Crippen LogP) is -1.79. The number of carboxylic acid groups (broad SMARTS) is 6. The van der Waals surface area contributed by atoms with Crippen molar-refractivity contribution in [3.8, 4) is 46.7 Å². The van der Waals surface area contributed by atoms with E-state index in [1.54, 1.807) is 0 Å². The molecule has 0 aliphatic carbocycles. The van der Waals surface area contributed by atoms with Gasteiger partial charge in [0.2, 0.25) is 0 Å². The summed E-state index contributed by atoms with van der Waals surface area (Å²) < 4.78 is 20.2. The van der Waals surface area contributed by atoms with Gasteiger partial charge in [-0.15, -0.1) is 0 Å². The average molecular weight is 892 g/mol. The zero-order chi connectivity index (χ0) is 39.6. The maximum atomic E-state index is 10.9. The van der Waals surface area contributed by atoms with Crippen molar-refractivity contribution in [1.82, 2.24) is 9.97 Å². The van der Waals surface area contributed by atoms with E-state index in [-0.39, 0.29) is 89.3 Å². The van der Waals surface area contributed by atoms with Crippen LogP contribution in [0.1, 0.15) is 43.2 Å². The first-order valence-corrected chi connectivity index (χ1v) is 14.7. The summed E-state index contributed by atoms with van der Waals surface area (Å²) in [6.45, 7) is -2.66. The Hall–Kier alpha value is -6.54. The summed E-state index contributed by atoms with van der Waals surface area (Å²) in [5.41, 5.74) is 0.824. The molecule has 0 radical (unpaired) electrons. The molecule has 0 spiro atoms. The van der Waals surface area contributed by atoms with Crippen molar-refractivity contribution in [1.29, 1.82) is 0 Å². The van der Waals surface area contributed by atoms with Gasteiger partial charge in [-0.05, 0) is 48.5 Å². The molecule has 0 aliphatic rings. The Kier molecular flexibility index (Phi) is 18.3. The first-order valence-electron chi connectivity index (χ1n) is 14.7. The van der Waals surface area contributed by atoms with Crippen molar-refractivity contribution in [3.63, 3.8) is 0 Å². The van der Waals surface area contributed by atoms with E-state index in [1.807, 2.05) is 0 Å². The third kappa shape index (κ3) is 16.3. The molecular weight excluding hydrogens is 868 g/mol. The number of pyridine rings is 2. The van der Waals surface area contributed by atoms with Crippen LogP contribution in [-0.2, 0) is 19.2 Å². The molecule has 280 valence electrons. The monoisotopic (exact) mass is 892 g/mol. The van der Waals surface area contributed by atoms with Crippen LogP contribution in [0, 0.1) is 73.1 Å². The molecule has 0 saturated carbocycles. The van der Waals surface area contributed by atoms with Crippen LogP contribution in [0.2, 0.25) is 0 Å². The van der Waals surface area contributed by atoms with E-state index < -0.39 is 62.2 Å². The second-order valence-corrected chi connectivity index (χ2v) is 9.95. The second-order valence-electron chi connectivity index (χ2n) is 9.95. The number of carbonyl (C=O) groups is 6. The Morgan fingerprint density at radius 3 is 1.42 bits per heavy atom. The molecule has 19 heteroatoms. The van der Waals surface area contributed by atoms with Crippen molar-refractivity contribution in [2.45, 2.75) is 0 Å². The normalized spacial score (nSPS) is 9.45. The number of benzene rings is 2. The van der Waals surface area contributed by atoms with E-state index >= 15 is 0 Å². The fraction of sp³-hybridized carbons (Fsp3) is 0.111. The molecule has 55 heavy (non-hydrogen) atoms. The summed E-state index contributed by atoms with van der Waals surface area (Å²) in [5.74, 6) is 3.32. The van der Waals surface area contributed by atoms with Crippen molar-refractivity contribution in [3.05, 3.63) is 107 Å². The van der Waals surface area contributed by atoms with Crippen LogP contribution < -0.4 is 34.3 Å². The minimum absolute atomic E-state index is 0. The van der Waals surface area contributed by atoms with Gasteiger partial charge in [-0.2, -0.15) is 0 Å². The van der Waals surface area contributed by atoms with Crippen molar-refractivity contribution < 1.29 is 128 Å². The van der Waals surface area contributed by atoms with Gasteiger partial charge in [0.15, 0.2) is 13.2 Å². The molecule has 2 heterocycles. The molecule has 0 atom stereocenters. The van der Waals surface area contributed by atoms with Crippen LogP contribution >= 0.6 is 0 Å². The first kappa shape index (κ1) is 44.6. The number of carboxylic acids is 6. The molecule has 2 aromatic carbocycles. The van der Waals surface area contributed by atoms with Gasteiger partial charge in [0.25, 0.3) is 0 Å². The molecule has 4 rings (SSSR count). The average Bonchev–Trinajstić information content (AvgIpc) is 3.13. The number of rotatable bonds is 14. The molecule has 2 aromatic heterocycles. The maximum Gasteiger partial charge on any atom is 3.00 e. The summed E-state index contributed by atoms with van der Waals surface area (Å²) in [6.07, 6.45) is 2.55. The molecule has 3 N–H and O–H groups in total. The van der Waals surface area contributed by atoms with E-state index in [9.17, 15) is 44.1 Å². The number of hydrogen-bond acceptors (Lipinski definition) is 15. The molecule has 0 saturated heterocycles. The van der Waals surface area contributed by atoms with E-state index in [0.717, 1.165) is 0 Å². The smallest absolute Gasteiger partial charge is 0.546 e. The van der Waals surface area contributed by atoms with Gasteiger partial charge >= 0.3 is 67.3 Å². The second kappa shape index (κ2) is 22.5. The molecular formula is C36H23EuN2O16. The van der Waals surface area contributed by atoms with Gasteiger partial charge in [-0.3, -0.25) is 4.98 Å². The summed E-state index contributed by atoms with van der Waals surface area (Å²) >= 11 is 0. The van der Waals surface area contributed by atoms with E-state index in [2.05, 4.69) is 33.6 Å². The Morgan fingerprint density at radius 2 is 0.964 bits per heavy atom. The Morgan fingerprint density at radius 1 is 0.545 bits per heavy atom. The largest absolute Gasteiger partial charge is 3.00 e. The van der Waals surface area contributed by atoms with Crippen LogP contribution in [0.3, 0.4) is 0 Å². The Labute approximate surface area is 350 Å². The van der Waals surface area contributed by atoms with Gasteiger partial charge < -0.3 is 64.0 Å². The standard InChI is InChI=1S/2C18H13NO8.Eu/c2*20-16(21)9-26-13-4-3-12(15(8-13)27-10-17(22)23)2-1-11-5-6-19-14(7-11)18(24)25;/h2*3-8H,9-10H2,(H,20,21)(H,22,23)(H,24,25);/q;;+3/p-3. The zero-order valence-corrected chi connectivity index (χ0v) is 30.1. The third-order valence-electron chi connectivity index (χ3n) is 5.95. The number of carbonyl (C=O) groups excluding carboxylic acids is 3. The maximum absolute atomic E-state index is 10.9. The summed E-state index contributed by atoms with van der Waals surface area (Å²) in [4.78, 5) is 71.4. The van der Waals surface area contributed by atoms with Crippen molar-refractivity contribution in [2.75, 3.05) is 26.4 Å². The predicted molar refractivity (Wildman–Crippen MR) is 172 cm³/mol. The fourth-order valence-corrected chi connectivity index (χ4v) is 3.72. The van der Waals surface area contributed by atoms with Crippen LogP contribution in [0.15, 0.2) is 73.1 Å². The number of aromatic nitrogens is 2. The van der Waals surface area contributed by atoms with Crippen molar-refractivity contribution in [2.24, 2.45) is 0 Å². The molecule has 0 bridgehead atoms. The van der Waals surface area contributed by atoms with Crippen LogP contribution in [0.4, 0.5) is 0 Å². The van der Waals surface area contributed by atoms with Crippen LogP contribution in [0.25, 0.3) is 0 Å². The topological polar surface area (TPSA) is 295 Å². The number of ether oxygens (including phenoxy) is 4. The number of hydrogen-bond donors (Lipinski definition) is 3. The van der Waals surface area contributed by atoms with Crippen LogP contribution in [0.5, 0.6) is 23.0 Å². The van der Waals surface area contributed by atoms with Crippen LogP contribution in [-0.4, -0.2) is 87.5 Å². The molecule has 4 aromatic rings. The van der Waals surface area contributed by atoms with Gasteiger partial charge in [-0.25, -0.2) is 19.4 Å². The SMILES string of the molecule is O=C(O)COc1ccc(C#Cc2ccnc(C(=O)O)c2)c(OCC(=O)O)c1.O=C([O-])COc1ccc(C#Cc2ccnc(C(=O)[O-])c2)c(OCC(=O)[O-])c1.[Eu+3]. The van der Waals surface area contributed by atoms with Gasteiger partial charge in [0.05, 0.1) is 34.7 Å². The summed E-state index contributed by atoms with van der Waals surface area (Å²) in [7, 11) is 0. The fourth-order valence-electron chi connectivity index (χ4n) is 3.72. The molecule has 0 aliphatic heterocycles. The zero-order valence-electron chi connectivity index (χ0n) is 27.7. The molecule has 0 fully saturated rings. The van der Waals surface area contributed by atoms with Gasteiger partial charge in [0.1, 0.15) is 41.9 Å². The Bertz CT molecular complexity index is 2050. The first-order chi connectivity index (χ1) is 25.7. The third-order valence-corrected chi connectivity index (χ3v) is 5.95. The van der Waals surface area contributed by atoms with Gasteiger partial charge in [0, 0.05) is 35.7 Å². The van der Waals surface area contributed by atoms with Gasteiger partial charge in [-0.1, -0.05) is 23.7 Å².